The monoisotopic (exact) mass is 355 g/mol. The lowest BCUT2D eigenvalue weighted by Crippen LogP contribution is -2.28. The van der Waals surface area contributed by atoms with Crippen molar-refractivity contribution < 1.29 is 28.6 Å². The molecular weight excluding hydrogens is 329 g/mol. The third-order valence-electron chi connectivity index (χ3n) is 3.28. The second kappa shape index (κ2) is 7.49. The van der Waals surface area contributed by atoms with Gasteiger partial charge in [-0.25, -0.2) is 4.39 Å². The maximum absolute atomic E-state index is 14.2. The van der Waals surface area contributed by atoms with Gasteiger partial charge in [0.15, 0.2) is 11.5 Å². The zero-order chi connectivity index (χ0) is 19.6. The predicted molar refractivity (Wildman–Crippen MR) is 90.6 cm³/mol. The van der Waals surface area contributed by atoms with E-state index in [1.54, 1.807) is 41.5 Å². The van der Waals surface area contributed by atoms with Crippen LogP contribution in [0.4, 0.5) is 4.39 Å². The van der Waals surface area contributed by atoms with Crippen LogP contribution in [0.5, 0.6) is 11.5 Å². The molecule has 0 saturated heterocycles. The van der Waals surface area contributed by atoms with Crippen LogP contribution < -0.4 is 15.2 Å². The third-order valence-corrected chi connectivity index (χ3v) is 3.28. The van der Waals surface area contributed by atoms with Gasteiger partial charge in [0, 0.05) is 18.2 Å². The van der Waals surface area contributed by atoms with E-state index in [4.69, 9.17) is 15.2 Å². The Hall–Kier alpha value is -1.99. The number of halogens is 1. The summed E-state index contributed by atoms with van der Waals surface area (Å²) in [6.07, 6.45) is -1.28. The molecule has 1 aromatic carbocycles. The molecule has 0 fully saturated rings. The summed E-state index contributed by atoms with van der Waals surface area (Å²) >= 11 is 0. The zero-order valence-electron chi connectivity index (χ0n) is 15.5. The first-order chi connectivity index (χ1) is 11.3. The maximum Gasteiger partial charge on any atom is 0.316 e. The van der Waals surface area contributed by atoms with Crippen LogP contribution in [0.1, 0.15) is 53.2 Å². The molecule has 140 valence electrons. The van der Waals surface area contributed by atoms with Gasteiger partial charge in [0.1, 0.15) is 5.82 Å². The molecule has 0 amide bonds. The number of ether oxygens (including phenoxy) is 2. The smallest absolute Gasteiger partial charge is 0.316 e. The molecule has 0 radical (unpaired) electrons. The summed E-state index contributed by atoms with van der Waals surface area (Å²) in [7, 11) is 0. The first-order valence-electron chi connectivity index (χ1n) is 7.93. The Kier molecular flexibility index (Phi) is 6.31. The van der Waals surface area contributed by atoms with Crippen molar-refractivity contribution in [2.24, 2.45) is 16.6 Å². The van der Waals surface area contributed by atoms with E-state index < -0.39 is 34.7 Å². The van der Waals surface area contributed by atoms with Crippen molar-refractivity contribution in [3.63, 3.8) is 0 Å². The summed E-state index contributed by atoms with van der Waals surface area (Å²) in [6, 6.07) is 2.03. The van der Waals surface area contributed by atoms with Crippen molar-refractivity contribution in [2.45, 2.75) is 47.6 Å². The van der Waals surface area contributed by atoms with Crippen molar-refractivity contribution in [1.29, 1.82) is 0 Å². The molecule has 1 atom stereocenters. The average molecular weight is 355 g/mol. The number of aliphatic hydroxyl groups excluding tert-OH is 1. The van der Waals surface area contributed by atoms with Crippen molar-refractivity contribution >= 4 is 11.9 Å². The minimum atomic E-state index is -1.28. The fourth-order valence-electron chi connectivity index (χ4n) is 1.60. The predicted octanol–water partition coefficient (Wildman–Crippen LogP) is 2.72. The standard InChI is InChI=1S/C18H26FNO5/c1-17(2,3)15(22)24-13-7-10(12(21)9-20)11(19)8-14(13)25-16(23)18(4,5)6/h7-8,12,21H,9,20H2,1-6H3. The van der Waals surface area contributed by atoms with Gasteiger partial charge in [-0.3, -0.25) is 9.59 Å². The van der Waals surface area contributed by atoms with Gasteiger partial charge in [-0.05, 0) is 47.6 Å². The molecule has 0 heterocycles. The Morgan fingerprint density at radius 1 is 1.04 bits per heavy atom. The van der Waals surface area contributed by atoms with Crippen LogP contribution >= 0.6 is 0 Å². The number of esters is 2. The average Bonchev–Trinajstić information content (AvgIpc) is 2.46. The van der Waals surface area contributed by atoms with E-state index in [0.29, 0.717) is 0 Å². The van der Waals surface area contributed by atoms with Gasteiger partial charge in [-0.2, -0.15) is 0 Å². The molecule has 0 aromatic heterocycles. The minimum Gasteiger partial charge on any atom is -0.422 e. The van der Waals surface area contributed by atoms with E-state index in [1.165, 1.54) is 0 Å². The first-order valence-corrected chi connectivity index (χ1v) is 7.93. The van der Waals surface area contributed by atoms with Crippen molar-refractivity contribution in [3.05, 3.63) is 23.5 Å². The molecule has 1 aromatic rings. The largest absolute Gasteiger partial charge is 0.422 e. The lowest BCUT2D eigenvalue weighted by atomic mass is 9.97. The van der Waals surface area contributed by atoms with Gasteiger partial charge < -0.3 is 20.3 Å². The van der Waals surface area contributed by atoms with Gasteiger partial charge in [-0.1, -0.05) is 0 Å². The molecule has 1 rings (SSSR count). The lowest BCUT2D eigenvalue weighted by Gasteiger charge is -2.21. The van der Waals surface area contributed by atoms with Crippen molar-refractivity contribution in [3.8, 4) is 11.5 Å². The number of benzene rings is 1. The zero-order valence-corrected chi connectivity index (χ0v) is 15.5. The lowest BCUT2D eigenvalue weighted by molar-refractivity contribution is -0.145. The fraction of sp³-hybridized carbons (Fsp3) is 0.556. The highest BCUT2D eigenvalue weighted by atomic mass is 19.1. The number of carbonyl (C=O) groups excluding carboxylic acids is 2. The summed E-state index contributed by atoms with van der Waals surface area (Å²) < 4.78 is 24.7. The Morgan fingerprint density at radius 2 is 1.44 bits per heavy atom. The van der Waals surface area contributed by atoms with Gasteiger partial charge in [0.05, 0.1) is 16.9 Å². The van der Waals surface area contributed by atoms with E-state index in [9.17, 15) is 19.1 Å². The van der Waals surface area contributed by atoms with E-state index in [1.807, 2.05) is 0 Å². The Morgan fingerprint density at radius 3 is 1.80 bits per heavy atom. The van der Waals surface area contributed by atoms with E-state index in [0.717, 1.165) is 12.1 Å². The quantitative estimate of drug-likeness (QED) is 0.636. The summed E-state index contributed by atoms with van der Waals surface area (Å²) in [5, 5.41) is 9.82. The van der Waals surface area contributed by atoms with Crippen LogP contribution in [0.3, 0.4) is 0 Å². The summed E-state index contributed by atoms with van der Waals surface area (Å²) in [6.45, 7) is 9.64. The van der Waals surface area contributed by atoms with Crippen molar-refractivity contribution in [2.75, 3.05) is 6.54 Å². The number of carbonyl (C=O) groups is 2. The Labute approximate surface area is 147 Å². The SMILES string of the molecule is CC(C)(C)C(=O)Oc1cc(F)c(C(O)CN)cc1OC(=O)C(C)(C)C. The van der Waals surface area contributed by atoms with Gasteiger partial charge >= 0.3 is 11.9 Å². The number of nitrogens with two attached hydrogens (primary N) is 1. The van der Waals surface area contributed by atoms with Gasteiger partial charge in [0.2, 0.25) is 0 Å². The second-order valence-electron chi connectivity index (χ2n) is 7.85. The fourth-order valence-corrected chi connectivity index (χ4v) is 1.60. The number of hydrogen-bond donors (Lipinski definition) is 2. The maximum atomic E-state index is 14.2. The number of rotatable bonds is 4. The molecule has 3 N–H and O–H groups in total. The molecule has 1 unspecified atom stereocenters. The molecular formula is C18H26FNO5. The number of aliphatic hydroxyl groups is 1. The molecule has 0 aliphatic carbocycles. The number of hydrogen-bond acceptors (Lipinski definition) is 6. The normalized spacial score (nSPS) is 13.3. The topological polar surface area (TPSA) is 98.8 Å². The Bertz CT molecular complexity index is 659. The summed E-state index contributed by atoms with van der Waals surface area (Å²) in [5.74, 6) is -2.41. The second-order valence-corrected chi connectivity index (χ2v) is 7.85. The van der Waals surface area contributed by atoms with Gasteiger partial charge in [-0.15, -0.1) is 0 Å². The summed E-state index contributed by atoms with van der Waals surface area (Å²) in [4.78, 5) is 24.3. The molecule has 25 heavy (non-hydrogen) atoms. The van der Waals surface area contributed by atoms with E-state index >= 15 is 0 Å². The summed E-state index contributed by atoms with van der Waals surface area (Å²) in [5.41, 5.74) is 3.55. The van der Waals surface area contributed by atoms with Crippen LogP contribution in [0.15, 0.2) is 12.1 Å². The van der Waals surface area contributed by atoms with Gasteiger partial charge in [0.25, 0.3) is 0 Å². The molecule has 7 heteroatoms. The van der Waals surface area contributed by atoms with Crippen LogP contribution in [0.25, 0.3) is 0 Å². The van der Waals surface area contributed by atoms with Crippen LogP contribution in [-0.4, -0.2) is 23.6 Å². The molecule has 0 aliphatic rings. The molecule has 0 aliphatic heterocycles. The Balaban J connectivity index is 3.36. The van der Waals surface area contributed by atoms with Crippen LogP contribution in [0, 0.1) is 16.6 Å². The first kappa shape index (κ1) is 21.1. The highest BCUT2D eigenvalue weighted by molar-refractivity contribution is 5.81. The van der Waals surface area contributed by atoms with Crippen LogP contribution in [-0.2, 0) is 9.59 Å². The molecule has 0 spiro atoms. The third kappa shape index (κ3) is 5.51. The minimum absolute atomic E-state index is 0.144. The molecule has 0 saturated carbocycles. The highest BCUT2D eigenvalue weighted by Crippen LogP contribution is 2.35. The van der Waals surface area contributed by atoms with E-state index in [2.05, 4.69) is 0 Å². The van der Waals surface area contributed by atoms with Crippen LogP contribution in [0.2, 0.25) is 0 Å². The molecule has 0 bridgehead atoms. The van der Waals surface area contributed by atoms with Crippen molar-refractivity contribution in [1.82, 2.24) is 0 Å². The molecule has 6 nitrogen and oxygen atoms in total. The van der Waals surface area contributed by atoms with E-state index in [-0.39, 0.29) is 23.6 Å². The highest BCUT2D eigenvalue weighted by Gasteiger charge is 2.29.